The predicted octanol–water partition coefficient (Wildman–Crippen LogP) is 0.0851. The fourth-order valence-corrected chi connectivity index (χ4v) is 3.41. The van der Waals surface area contributed by atoms with Crippen molar-refractivity contribution in [1.29, 1.82) is 0 Å². The fraction of sp³-hybridized carbons (Fsp3) is 0.500. The van der Waals surface area contributed by atoms with Gasteiger partial charge in [-0.1, -0.05) is 0 Å². The second kappa shape index (κ2) is 7.08. The van der Waals surface area contributed by atoms with Gasteiger partial charge in [-0.15, -0.1) is 0 Å². The highest BCUT2D eigenvalue weighted by atomic mass is 32.2. The van der Waals surface area contributed by atoms with Crippen molar-refractivity contribution in [2.45, 2.75) is 23.8 Å². The first kappa shape index (κ1) is 16.7. The molecule has 0 unspecified atom stereocenters. The third-order valence-electron chi connectivity index (χ3n) is 3.28. The number of carbonyl (C=O) groups excluding carboxylic acids is 1. The van der Waals surface area contributed by atoms with E-state index in [1.165, 1.54) is 19.2 Å². The zero-order chi connectivity index (χ0) is 16.2. The summed E-state index contributed by atoms with van der Waals surface area (Å²) in [6.45, 7) is 1.10. The number of nitrogens with one attached hydrogen (secondary N) is 3. The Kier molecular flexibility index (Phi) is 5.38. The Morgan fingerprint density at radius 2 is 2.05 bits per heavy atom. The molecule has 22 heavy (non-hydrogen) atoms. The number of amides is 1. The number of likely N-dealkylation sites (N-methyl/N-ethyl adjacent to an activating group) is 1. The van der Waals surface area contributed by atoms with Crippen LogP contribution in [0.3, 0.4) is 0 Å². The Morgan fingerprint density at radius 1 is 1.32 bits per heavy atom. The molecule has 1 aliphatic rings. The van der Waals surface area contributed by atoms with Crippen LogP contribution in [-0.4, -0.2) is 47.6 Å². The Morgan fingerprint density at radius 3 is 2.64 bits per heavy atom. The number of hydrogen-bond donors (Lipinski definition) is 3. The van der Waals surface area contributed by atoms with Gasteiger partial charge in [-0.3, -0.25) is 4.79 Å². The van der Waals surface area contributed by atoms with E-state index in [0.29, 0.717) is 13.1 Å². The average molecular weight is 327 g/mol. The van der Waals surface area contributed by atoms with Crippen LogP contribution in [-0.2, 0) is 10.0 Å². The lowest BCUT2D eigenvalue weighted by Gasteiger charge is -2.12. The quantitative estimate of drug-likeness (QED) is 0.588. The lowest BCUT2D eigenvalue weighted by molar-refractivity contribution is 0.0954. The largest absolute Gasteiger partial charge is 0.495 e. The van der Waals surface area contributed by atoms with Gasteiger partial charge in [0.15, 0.2) is 0 Å². The molecule has 0 heterocycles. The Hall–Kier alpha value is -1.64. The van der Waals surface area contributed by atoms with Gasteiger partial charge in [-0.2, -0.15) is 0 Å². The van der Waals surface area contributed by atoms with Crippen LogP contribution in [0.5, 0.6) is 5.75 Å². The molecule has 1 amide bonds. The van der Waals surface area contributed by atoms with Gasteiger partial charge in [0.05, 0.1) is 7.11 Å². The van der Waals surface area contributed by atoms with Gasteiger partial charge in [0.1, 0.15) is 10.6 Å². The zero-order valence-corrected chi connectivity index (χ0v) is 13.5. The number of benzene rings is 1. The van der Waals surface area contributed by atoms with Gasteiger partial charge >= 0.3 is 0 Å². The monoisotopic (exact) mass is 327 g/mol. The summed E-state index contributed by atoms with van der Waals surface area (Å²) >= 11 is 0. The van der Waals surface area contributed by atoms with E-state index in [0.717, 1.165) is 12.8 Å². The second-order valence-electron chi connectivity index (χ2n) is 5.12. The van der Waals surface area contributed by atoms with E-state index in [2.05, 4.69) is 15.4 Å². The van der Waals surface area contributed by atoms with Gasteiger partial charge < -0.3 is 15.4 Å². The van der Waals surface area contributed by atoms with Crippen LogP contribution in [0.2, 0.25) is 0 Å². The number of methoxy groups -OCH3 is 1. The molecule has 0 spiro atoms. The molecule has 3 N–H and O–H groups in total. The van der Waals surface area contributed by atoms with E-state index in [4.69, 9.17) is 4.74 Å². The summed E-state index contributed by atoms with van der Waals surface area (Å²) in [5.74, 6) is -0.0966. The standard InChI is InChI=1S/C14H21N3O4S/c1-15-7-8-16-14(18)10-3-6-12(21-2)13(9-10)22(19,20)17-11-4-5-11/h3,6,9,11,15,17H,4-5,7-8H2,1-2H3,(H,16,18). The molecule has 0 atom stereocenters. The van der Waals surface area contributed by atoms with Crippen molar-refractivity contribution >= 4 is 15.9 Å². The van der Waals surface area contributed by atoms with Crippen molar-refractivity contribution in [3.05, 3.63) is 23.8 Å². The van der Waals surface area contributed by atoms with Gasteiger partial charge in [0, 0.05) is 24.7 Å². The average Bonchev–Trinajstić information content (AvgIpc) is 3.30. The van der Waals surface area contributed by atoms with Crippen LogP contribution >= 0.6 is 0 Å². The molecule has 122 valence electrons. The highest BCUT2D eigenvalue weighted by Crippen LogP contribution is 2.28. The molecule has 0 aliphatic heterocycles. The van der Waals surface area contributed by atoms with E-state index in [9.17, 15) is 13.2 Å². The van der Waals surface area contributed by atoms with Crippen LogP contribution in [0.25, 0.3) is 0 Å². The Bertz CT molecular complexity index is 641. The summed E-state index contributed by atoms with van der Waals surface area (Å²) in [5, 5.41) is 5.63. The smallest absolute Gasteiger partial charge is 0.251 e. The molecule has 1 fully saturated rings. The van der Waals surface area contributed by atoms with Crippen molar-refractivity contribution in [1.82, 2.24) is 15.4 Å². The summed E-state index contributed by atoms with van der Waals surface area (Å²) in [4.78, 5) is 12.0. The van der Waals surface area contributed by atoms with E-state index in [1.807, 2.05) is 0 Å². The Labute approximate surface area is 130 Å². The Balaban J connectivity index is 2.23. The van der Waals surface area contributed by atoms with Crippen molar-refractivity contribution < 1.29 is 17.9 Å². The first-order valence-corrected chi connectivity index (χ1v) is 8.59. The van der Waals surface area contributed by atoms with Gasteiger partial charge in [0.2, 0.25) is 10.0 Å². The zero-order valence-electron chi connectivity index (χ0n) is 12.7. The summed E-state index contributed by atoms with van der Waals surface area (Å²) in [5.41, 5.74) is 0.285. The molecule has 7 nitrogen and oxygen atoms in total. The van der Waals surface area contributed by atoms with E-state index >= 15 is 0 Å². The first-order chi connectivity index (χ1) is 10.5. The normalized spacial score (nSPS) is 14.6. The molecule has 0 radical (unpaired) electrons. The number of carbonyl (C=O) groups is 1. The highest BCUT2D eigenvalue weighted by molar-refractivity contribution is 7.89. The number of sulfonamides is 1. The fourth-order valence-electron chi connectivity index (χ4n) is 1.92. The van der Waals surface area contributed by atoms with E-state index in [-0.39, 0.29) is 28.2 Å². The van der Waals surface area contributed by atoms with E-state index < -0.39 is 10.0 Å². The summed E-state index contributed by atoms with van der Waals surface area (Å²) in [6.07, 6.45) is 1.68. The summed E-state index contributed by atoms with van der Waals surface area (Å²) in [7, 11) is -0.502. The van der Waals surface area contributed by atoms with Gasteiger partial charge in [0.25, 0.3) is 5.91 Å². The molecule has 1 aromatic rings. The second-order valence-corrected chi connectivity index (χ2v) is 6.80. The van der Waals surface area contributed by atoms with Crippen molar-refractivity contribution in [3.8, 4) is 5.75 Å². The van der Waals surface area contributed by atoms with Gasteiger partial charge in [-0.05, 0) is 38.1 Å². The molecule has 0 saturated heterocycles. The highest BCUT2D eigenvalue weighted by Gasteiger charge is 2.30. The van der Waals surface area contributed by atoms with Crippen molar-refractivity contribution in [3.63, 3.8) is 0 Å². The summed E-state index contributed by atoms with van der Waals surface area (Å²) < 4.78 is 32.4. The maximum absolute atomic E-state index is 12.4. The maximum atomic E-state index is 12.4. The topological polar surface area (TPSA) is 96.5 Å². The molecular formula is C14H21N3O4S. The maximum Gasteiger partial charge on any atom is 0.251 e. The number of ether oxygens (including phenoxy) is 1. The molecule has 0 aromatic heterocycles. The lowest BCUT2D eigenvalue weighted by Crippen LogP contribution is -2.31. The molecule has 1 saturated carbocycles. The lowest BCUT2D eigenvalue weighted by atomic mass is 10.2. The van der Waals surface area contributed by atoms with E-state index in [1.54, 1.807) is 13.1 Å². The molecule has 1 aliphatic carbocycles. The molecule has 1 aromatic carbocycles. The van der Waals surface area contributed by atoms with Crippen LogP contribution in [0, 0.1) is 0 Å². The minimum Gasteiger partial charge on any atom is -0.495 e. The third-order valence-corrected chi connectivity index (χ3v) is 4.82. The first-order valence-electron chi connectivity index (χ1n) is 7.11. The van der Waals surface area contributed by atoms with Crippen molar-refractivity contribution in [2.75, 3.05) is 27.2 Å². The molecule has 0 bridgehead atoms. The van der Waals surface area contributed by atoms with Crippen LogP contribution in [0.4, 0.5) is 0 Å². The predicted molar refractivity (Wildman–Crippen MR) is 82.6 cm³/mol. The van der Waals surface area contributed by atoms with Crippen LogP contribution in [0.1, 0.15) is 23.2 Å². The number of rotatable bonds is 8. The van der Waals surface area contributed by atoms with Gasteiger partial charge in [-0.25, -0.2) is 13.1 Å². The molecule has 8 heteroatoms. The minimum absolute atomic E-state index is 0.0110. The summed E-state index contributed by atoms with van der Waals surface area (Å²) in [6, 6.07) is 4.37. The SMILES string of the molecule is CNCCNC(=O)c1ccc(OC)c(S(=O)(=O)NC2CC2)c1. The van der Waals surface area contributed by atoms with Crippen molar-refractivity contribution in [2.24, 2.45) is 0 Å². The minimum atomic E-state index is -3.69. The molecular weight excluding hydrogens is 306 g/mol. The van der Waals surface area contributed by atoms with Crippen LogP contribution < -0.4 is 20.1 Å². The van der Waals surface area contributed by atoms with Crippen LogP contribution in [0.15, 0.2) is 23.1 Å². The number of hydrogen-bond acceptors (Lipinski definition) is 5. The molecule has 2 rings (SSSR count). The third kappa shape index (κ3) is 4.19.